The Bertz CT molecular complexity index is 1130. The molecule has 1 aromatic heterocycles. The number of fused-ring (bicyclic) bond motifs is 1. The molecular weight excluding hydrogens is 412 g/mol. The van der Waals surface area contributed by atoms with E-state index in [9.17, 15) is 4.79 Å². The summed E-state index contributed by atoms with van der Waals surface area (Å²) in [6.07, 6.45) is 3.66. The number of ketones is 1. The highest BCUT2D eigenvalue weighted by Gasteiger charge is 2.14. The quantitative estimate of drug-likeness (QED) is 0.363. The number of Topliss-reactive ketones (excluding diaryl/α,β-unsaturated/α-hetero) is 1. The highest BCUT2D eigenvalue weighted by atomic mass is 79.9. The molecule has 0 amide bonds. The van der Waals surface area contributed by atoms with Gasteiger partial charge in [-0.25, -0.2) is 4.57 Å². The number of halogens is 1. The zero-order valence-electron chi connectivity index (χ0n) is 15.9. The number of hydrogen-bond acceptors (Lipinski definition) is 2. The summed E-state index contributed by atoms with van der Waals surface area (Å²) in [5.41, 5.74) is 5.23. The summed E-state index contributed by atoms with van der Waals surface area (Å²) in [5, 5.41) is 2.07. The van der Waals surface area contributed by atoms with Gasteiger partial charge in [-0.1, -0.05) is 66.2 Å². The van der Waals surface area contributed by atoms with E-state index in [0.717, 1.165) is 27.6 Å². The van der Waals surface area contributed by atoms with Gasteiger partial charge in [0.15, 0.2) is 12.2 Å². The molecule has 0 aliphatic heterocycles. The van der Waals surface area contributed by atoms with E-state index in [1.807, 2.05) is 59.3 Å². The Kier molecular flexibility index (Phi) is 6.00. The van der Waals surface area contributed by atoms with Crippen molar-refractivity contribution in [2.45, 2.75) is 20.4 Å². The first kappa shape index (κ1) is 19.9. The highest BCUT2D eigenvalue weighted by Crippen LogP contribution is 2.21. The molecule has 0 atom stereocenters. The van der Waals surface area contributed by atoms with E-state index in [1.165, 1.54) is 11.1 Å². The molecule has 140 valence electrons. The van der Waals surface area contributed by atoms with E-state index in [4.69, 9.17) is 0 Å². The Morgan fingerprint density at radius 1 is 0.964 bits per heavy atom. The lowest BCUT2D eigenvalue weighted by atomic mass is 10.0. The molecule has 0 saturated carbocycles. The van der Waals surface area contributed by atoms with Crippen molar-refractivity contribution < 1.29 is 26.3 Å². The van der Waals surface area contributed by atoms with Gasteiger partial charge in [0.25, 0.3) is 6.33 Å². The second-order valence-corrected chi connectivity index (χ2v) is 6.89. The summed E-state index contributed by atoms with van der Waals surface area (Å²) >= 11 is 0. The van der Waals surface area contributed by atoms with Crippen molar-refractivity contribution >= 4 is 16.6 Å². The first-order valence-electron chi connectivity index (χ1n) is 9.05. The standard InChI is InChI=1S/C24H21N2O.BrH/c1-17-10-11-20(18(2)14-17)23-12-13-26(16-25-23)15-24(27)22-9-5-7-19-6-3-4-8-21(19)22;/h3-14,16H,15H2,1-2H3;1H/q+1;/p-1. The lowest BCUT2D eigenvalue weighted by molar-refractivity contribution is -0.686. The number of carbonyl (C=O) groups is 1. The van der Waals surface area contributed by atoms with Crippen LogP contribution in [0.3, 0.4) is 0 Å². The number of rotatable bonds is 4. The minimum atomic E-state index is 0. The van der Waals surface area contributed by atoms with Gasteiger partial charge in [-0.2, -0.15) is 0 Å². The van der Waals surface area contributed by atoms with E-state index >= 15 is 0 Å². The largest absolute Gasteiger partial charge is 1.00 e. The van der Waals surface area contributed by atoms with Crippen LogP contribution in [-0.2, 0) is 6.54 Å². The van der Waals surface area contributed by atoms with Gasteiger partial charge in [0.05, 0.1) is 6.20 Å². The number of carbonyl (C=O) groups excluding carboxylic acids is 1. The van der Waals surface area contributed by atoms with Gasteiger partial charge in [0.2, 0.25) is 5.78 Å². The van der Waals surface area contributed by atoms with Gasteiger partial charge in [-0.15, -0.1) is 0 Å². The lowest BCUT2D eigenvalue weighted by Crippen LogP contribution is -3.00. The molecule has 4 heteroatoms. The smallest absolute Gasteiger partial charge is 0.287 e. The molecule has 1 heterocycles. The van der Waals surface area contributed by atoms with Gasteiger partial charge >= 0.3 is 0 Å². The molecule has 0 aliphatic carbocycles. The van der Waals surface area contributed by atoms with E-state index in [2.05, 4.69) is 37.0 Å². The van der Waals surface area contributed by atoms with Crippen LogP contribution in [0.25, 0.3) is 22.0 Å². The third-order valence-electron chi connectivity index (χ3n) is 4.84. The third-order valence-corrected chi connectivity index (χ3v) is 4.84. The number of nitrogens with zero attached hydrogens (tertiary/aromatic N) is 2. The summed E-state index contributed by atoms with van der Waals surface area (Å²) < 4.78 is 1.83. The molecule has 3 aromatic carbocycles. The number of aromatic nitrogens is 2. The van der Waals surface area contributed by atoms with Crippen molar-refractivity contribution in [2.24, 2.45) is 0 Å². The second kappa shape index (κ2) is 8.44. The van der Waals surface area contributed by atoms with Crippen LogP contribution >= 0.6 is 0 Å². The van der Waals surface area contributed by atoms with Crippen LogP contribution in [0, 0.1) is 13.8 Å². The van der Waals surface area contributed by atoms with Crippen LogP contribution in [0.5, 0.6) is 0 Å². The maximum absolute atomic E-state index is 12.8. The molecule has 0 aliphatic rings. The maximum Gasteiger partial charge on any atom is 0.287 e. The minimum absolute atomic E-state index is 0. The van der Waals surface area contributed by atoms with Crippen LogP contribution in [0.1, 0.15) is 21.5 Å². The molecule has 28 heavy (non-hydrogen) atoms. The van der Waals surface area contributed by atoms with E-state index in [-0.39, 0.29) is 29.3 Å². The Hall–Kier alpha value is -2.85. The normalized spacial score (nSPS) is 10.5. The fourth-order valence-corrected chi connectivity index (χ4v) is 3.46. The second-order valence-electron chi connectivity index (χ2n) is 6.89. The number of aryl methyl sites for hydroxylation is 2. The van der Waals surface area contributed by atoms with Crippen molar-refractivity contribution in [3.05, 3.63) is 95.9 Å². The van der Waals surface area contributed by atoms with Gasteiger partial charge < -0.3 is 17.0 Å². The first-order valence-corrected chi connectivity index (χ1v) is 9.05. The molecule has 4 aromatic rings. The van der Waals surface area contributed by atoms with Crippen LogP contribution < -0.4 is 21.5 Å². The number of hydrogen-bond donors (Lipinski definition) is 0. The molecule has 0 saturated heterocycles. The van der Waals surface area contributed by atoms with E-state index < -0.39 is 0 Å². The van der Waals surface area contributed by atoms with Crippen LogP contribution in [-0.4, -0.2) is 10.8 Å². The maximum atomic E-state index is 12.8. The lowest BCUT2D eigenvalue weighted by Gasteiger charge is -2.06. The Balaban J connectivity index is 0.00000225. The summed E-state index contributed by atoms with van der Waals surface area (Å²) in [7, 11) is 0. The predicted octanol–water partition coefficient (Wildman–Crippen LogP) is 1.69. The molecule has 0 bridgehead atoms. The molecule has 4 rings (SSSR count). The fraction of sp³-hybridized carbons (Fsp3) is 0.125. The Morgan fingerprint density at radius 3 is 2.50 bits per heavy atom. The summed E-state index contributed by atoms with van der Waals surface area (Å²) in [6.45, 7) is 4.45. The van der Waals surface area contributed by atoms with Gasteiger partial charge in [-0.05, 0) is 35.2 Å². The zero-order chi connectivity index (χ0) is 18.8. The topological polar surface area (TPSA) is 33.8 Å². The molecule has 0 unspecified atom stereocenters. The molecular formula is C24H21BrN2O. The van der Waals surface area contributed by atoms with Gasteiger partial charge in [0.1, 0.15) is 0 Å². The molecule has 3 nitrogen and oxygen atoms in total. The van der Waals surface area contributed by atoms with Crippen molar-refractivity contribution in [2.75, 3.05) is 0 Å². The van der Waals surface area contributed by atoms with Crippen LogP contribution in [0.2, 0.25) is 0 Å². The van der Waals surface area contributed by atoms with E-state index in [0.29, 0.717) is 0 Å². The summed E-state index contributed by atoms with van der Waals surface area (Å²) in [6, 6.07) is 22.1. The number of benzene rings is 3. The van der Waals surface area contributed by atoms with Crippen molar-refractivity contribution in [1.29, 1.82) is 0 Å². The van der Waals surface area contributed by atoms with Crippen molar-refractivity contribution in [3.8, 4) is 11.3 Å². The average Bonchev–Trinajstić information content (AvgIpc) is 2.68. The SMILES string of the molecule is Cc1ccc(-c2cc[n+](CC(=O)c3cccc4ccccc34)cn2)c(C)c1.[Br-]. The van der Waals surface area contributed by atoms with E-state index in [1.54, 1.807) is 6.33 Å². The summed E-state index contributed by atoms with van der Waals surface area (Å²) in [5.74, 6) is 0.0814. The molecule has 0 fully saturated rings. The predicted molar refractivity (Wildman–Crippen MR) is 108 cm³/mol. The Morgan fingerprint density at radius 2 is 1.75 bits per heavy atom. The van der Waals surface area contributed by atoms with Crippen LogP contribution in [0.15, 0.2) is 79.3 Å². The molecule has 0 spiro atoms. The monoisotopic (exact) mass is 432 g/mol. The average molecular weight is 433 g/mol. The first-order chi connectivity index (χ1) is 13.1. The van der Waals surface area contributed by atoms with Crippen molar-refractivity contribution in [1.82, 2.24) is 4.98 Å². The van der Waals surface area contributed by atoms with Gasteiger partial charge in [-0.3, -0.25) is 4.79 Å². The van der Waals surface area contributed by atoms with Gasteiger partial charge in [0, 0.05) is 17.2 Å². The van der Waals surface area contributed by atoms with Crippen LogP contribution in [0.4, 0.5) is 0 Å². The summed E-state index contributed by atoms with van der Waals surface area (Å²) in [4.78, 5) is 17.4. The Labute approximate surface area is 175 Å². The highest BCUT2D eigenvalue weighted by molar-refractivity contribution is 6.07. The zero-order valence-corrected chi connectivity index (χ0v) is 17.5. The van der Waals surface area contributed by atoms with Crippen molar-refractivity contribution in [3.63, 3.8) is 0 Å². The third kappa shape index (κ3) is 4.02. The minimum Gasteiger partial charge on any atom is -1.00 e. The molecule has 0 radical (unpaired) electrons. The molecule has 0 N–H and O–H groups in total. The fourth-order valence-electron chi connectivity index (χ4n) is 3.46.